The van der Waals surface area contributed by atoms with Crippen molar-refractivity contribution in [1.82, 2.24) is 9.78 Å². The molecule has 4 rings (SSSR count). The normalized spacial score (nSPS) is 13.2. The van der Waals surface area contributed by atoms with Crippen molar-refractivity contribution in [2.45, 2.75) is 19.3 Å². The third-order valence-corrected chi connectivity index (χ3v) is 5.06. The Morgan fingerprint density at radius 1 is 1.07 bits per heavy atom. The average Bonchev–Trinajstić information content (AvgIpc) is 2.94. The van der Waals surface area contributed by atoms with Gasteiger partial charge in [0.2, 0.25) is 0 Å². The SMILES string of the molecule is COc1cc(OC)cc(-c2nn(-c3ccc([N+](=O)[O-])cc3)c3c2CCCCN3)c1. The Kier molecular flexibility index (Phi) is 5.07. The summed E-state index contributed by atoms with van der Waals surface area (Å²) in [7, 11) is 3.24. The Bertz CT molecular complexity index is 1020. The Balaban J connectivity index is 1.87. The Morgan fingerprint density at radius 3 is 2.38 bits per heavy atom. The molecule has 2 heterocycles. The zero-order chi connectivity index (χ0) is 20.4. The van der Waals surface area contributed by atoms with Gasteiger partial charge >= 0.3 is 0 Å². The van der Waals surface area contributed by atoms with Crippen LogP contribution in [0.1, 0.15) is 18.4 Å². The van der Waals surface area contributed by atoms with E-state index in [0.29, 0.717) is 11.5 Å². The first-order valence-corrected chi connectivity index (χ1v) is 9.44. The lowest BCUT2D eigenvalue weighted by atomic mass is 10.0. The Hall–Kier alpha value is -3.55. The van der Waals surface area contributed by atoms with E-state index in [1.54, 1.807) is 26.4 Å². The molecule has 1 aliphatic rings. The fraction of sp³-hybridized carbons (Fsp3) is 0.286. The van der Waals surface area contributed by atoms with E-state index in [2.05, 4.69) is 5.32 Å². The molecule has 0 aliphatic carbocycles. The highest BCUT2D eigenvalue weighted by Gasteiger charge is 2.23. The minimum atomic E-state index is -0.403. The molecule has 1 aliphatic heterocycles. The standard InChI is InChI=1S/C21H22N4O4/c1-28-17-11-14(12-18(13-17)29-2)20-19-5-3-4-10-22-21(19)24(23-20)15-6-8-16(9-7-15)25(26)27/h6-9,11-13,22H,3-5,10H2,1-2H3. The molecule has 0 radical (unpaired) electrons. The highest BCUT2D eigenvalue weighted by Crippen LogP contribution is 2.37. The zero-order valence-corrected chi connectivity index (χ0v) is 16.3. The molecule has 0 atom stereocenters. The van der Waals surface area contributed by atoms with Crippen LogP contribution in [0.5, 0.6) is 11.5 Å². The number of hydrogen-bond donors (Lipinski definition) is 1. The fourth-order valence-electron chi connectivity index (χ4n) is 3.58. The van der Waals surface area contributed by atoms with E-state index in [9.17, 15) is 10.1 Å². The quantitative estimate of drug-likeness (QED) is 0.515. The van der Waals surface area contributed by atoms with Crippen molar-refractivity contribution in [2.75, 3.05) is 26.1 Å². The van der Waals surface area contributed by atoms with Gasteiger partial charge in [-0.25, -0.2) is 4.68 Å². The van der Waals surface area contributed by atoms with E-state index in [-0.39, 0.29) is 5.69 Å². The number of methoxy groups -OCH3 is 2. The number of nitrogens with one attached hydrogen (secondary N) is 1. The maximum atomic E-state index is 11.0. The van der Waals surface area contributed by atoms with Gasteiger partial charge in [0.25, 0.3) is 5.69 Å². The molecule has 1 N–H and O–H groups in total. The Labute approximate surface area is 168 Å². The van der Waals surface area contributed by atoms with Crippen molar-refractivity contribution >= 4 is 11.5 Å². The van der Waals surface area contributed by atoms with Gasteiger partial charge in [-0.1, -0.05) is 0 Å². The third-order valence-electron chi connectivity index (χ3n) is 5.06. The van der Waals surface area contributed by atoms with Gasteiger partial charge in [0.1, 0.15) is 17.3 Å². The summed E-state index contributed by atoms with van der Waals surface area (Å²) in [5, 5.41) is 19.3. The lowest BCUT2D eigenvalue weighted by molar-refractivity contribution is -0.384. The van der Waals surface area contributed by atoms with Crippen molar-refractivity contribution < 1.29 is 14.4 Å². The maximum Gasteiger partial charge on any atom is 0.269 e. The van der Waals surface area contributed by atoms with Gasteiger partial charge in [-0.15, -0.1) is 0 Å². The molecule has 0 bridgehead atoms. The van der Waals surface area contributed by atoms with Gasteiger partial charge in [-0.2, -0.15) is 5.10 Å². The number of hydrogen-bond acceptors (Lipinski definition) is 6. The van der Waals surface area contributed by atoms with Gasteiger partial charge in [-0.3, -0.25) is 10.1 Å². The molecule has 0 amide bonds. The van der Waals surface area contributed by atoms with Crippen LogP contribution in [-0.4, -0.2) is 35.5 Å². The van der Waals surface area contributed by atoms with Gasteiger partial charge in [0.15, 0.2) is 0 Å². The molecular weight excluding hydrogens is 372 g/mol. The van der Waals surface area contributed by atoms with Crippen LogP contribution >= 0.6 is 0 Å². The summed E-state index contributed by atoms with van der Waals surface area (Å²) >= 11 is 0. The molecule has 2 aromatic carbocycles. The van der Waals surface area contributed by atoms with Crippen LogP contribution in [0, 0.1) is 10.1 Å². The average molecular weight is 394 g/mol. The molecule has 1 aromatic heterocycles. The van der Waals surface area contributed by atoms with Crippen LogP contribution in [0.15, 0.2) is 42.5 Å². The monoisotopic (exact) mass is 394 g/mol. The first-order chi connectivity index (χ1) is 14.1. The molecule has 0 spiro atoms. The number of nitro groups is 1. The van der Waals surface area contributed by atoms with Gasteiger partial charge in [-0.05, 0) is 43.5 Å². The highest BCUT2D eigenvalue weighted by atomic mass is 16.6. The number of fused-ring (bicyclic) bond motifs is 1. The van der Waals surface area contributed by atoms with E-state index in [0.717, 1.165) is 54.1 Å². The number of non-ortho nitro benzene ring substituents is 1. The van der Waals surface area contributed by atoms with Crippen molar-refractivity contribution in [3.63, 3.8) is 0 Å². The minimum Gasteiger partial charge on any atom is -0.497 e. The molecule has 8 heteroatoms. The summed E-state index contributed by atoms with van der Waals surface area (Å²) in [6.45, 7) is 0.854. The van der Waals surface area contributed by atoms with Crippen LogP contribution < -0.4 is 14.8 Å². The summed E-state index contributed by atoms with van der Waals surface area (Å²) < 4.78 is 12.7. The number of anilines is 1. The number of nitrogens with zero attached hydrogens (tertiary/aromatic N) is 3. The van der Waals surface area contributed by atoms with Crippen LogP contribution in [0.4, 0.5) is 11.5 Å². The second-order valence-electron chi connectivity index (χ2n) is 6.85. The number of benzene rings is 2. The van der Waals surface area contributed by atoms with E-state index in [1.807, 2.05) is 22.9 Å². The molecule has 8 nitrogen and oxygen atoms in total. The van der Waals surface area contributed by atoms with Gasteiger partial charge < -0.3 is 14.8 Å². The predicted molar refractivity (Wildman–Crippen MR) is 110 cm³/mol. The van der Waals surface area contributed by atoms with Crippen molar-refractivity contribution in [3.05, 3.63) is 58.1 Å². The van der Waals surface area contributed by atoms with E-state index in [4.69, 9.17) is 14.6 Å². The lowest BCUT2D eigenvalue weighted by Crippen LogP contribution is -2.07. The number of aromatic nitrogens is 2. The predicted octanol–water partition coefficient (Wildman–Crippen LogP) is 4.21. The van der Waals surface area contributed by atoms with E-state index < -0.39 is 4.92 Å². The highest BCUT2D eigenvalue weighted by molar-refractivity contribution is 5.73. The van der Waals surface area contributed by atoms with E-state index >= 15 is 0 Å². The molecule has 0 fully saturated rings. The number of nitro benzene ring substituents is 1. The van der Waals surface area contributed by atoms with Gasteiger partial charge in [0, 0.05) is 35.9 Å². The van der Waals surface area contributed by atoms with Crippen LogP contribution in [0.3, 0.4) is 0 Å². The molecule has 29 heavy (non-hydrogen) atoms. The summed E-state index contributed by atoms with van der Waals surface area (Å²) in [4.78, 5) is 10.6. The first-order valence-electron chi connectivity index (χ1n) is 9.44. The second kappa shape index (κ2) is 7.83. The summed E-state index contributed by atoms with van der Waals surface area (Å²) in [5.74, 6) is 2.31. The Morgan fingerprint density at radius 2 is 1.76 bits per heavy atom. The number of rotatable bonds is 5. The second-order valence-corrected chi connectivity index (χ2v) is 6.85. The minimum absolute atomic E-state index is 0.0534. The zero-order valence-electron chi connectivity index (χ0n) is 16.3. The smallest absolute Gasteiger partial charge is 0.269 e. The van der Waals surface area contributed by atoms with Crippen molar-refractivity contribution in [3.8, 4) is 28.4 Å². The summed E-state index contributed by atoms with van der Waals surface area (Å²) in [5.41, 5.74) is 3.70. The summed E-state index contributed by atoms with van der Waals surface area (Å²) in [6.07, 6.45) is 3.01. The molecule has 0 saturated carbocycles. The van der Waals surface area contributed by atoms with Crippen molar-refractivity contribution in [1.29, 1.82) is 0 Å². The van der Waals surface area contributed by atoms with Gasteiger partial charge in [0.05, 0.1) is 30.5 Å². The third kappa shape index (κ3) is 3.61. The molecule has 0 saturated heterocycles. The molecule has 0 unspecified atom stereocenters. The van der Waals surface area contributed by atoms with Crippen molar-refractivity contribution in [2.24, 2.45) is 0 Å². The van der Waals surface area contributed by atoms with Crippen LogP contribution in [-0.2, 0) is 6.42 Å². The molecular formula is C21H22N4O4. The van der Waals surface area contributed by atoms with Crippen LogP contribution in [0.25, 0.3) is 16.9 Å². The number of ether oxygens (including phenoxy) is 2. The summed E-state index contributed by atoms with van der Waals surface area (Å²) in [6, 6.07) is 12.1. The van der Waals surface area contributed by atoms with Crippen LogP contribution in [0.2, 0.25) is 0 Å². The first kappa shape index (κ1) is 18.8. The largest absolute Gasteiger partial charge is 0.497 e. The lowest BCUT2D eigenvalue weighted by Gasteiger charge is -2.09. The maximum absolute atomic E-state index is 11.0. The van der Waals surface area contributed by atoms with E-state index in [1.165, 1.54) is 12.1 Å². The topological polar surface area (TPSA) is 91.5 Å². The fourth-order valence-corrected chi connectivity index (χ4v) is 3.58. The molecule has 3 aromatic rings. The molecule has 150 valence electrons.